The third-order valence-electron chi connectivity index (χ3n) is 6.21. The van der Waals surface area contributed by atoms with E-state index in [2.05, 4.69) is 67.7 Å². The second-order valence-electron chi connectivity index (χ2n) is 11.1. The zero-order valence-electron chi connectivity index (χ0n) is 22.3. The Morgan fingerprint density at radius 3 is 1.19 bits per heavy atom. The fraction of sp³-hybridized carbons (Fsp3) is 0.750. The van der Waals surface area contributed by atoms with Crippen LogP contribution in [-0.2, 0) is 27.9 Å². The van der Waals surface area contributed by atoms with Crippen LogP contribution >= 0.6 is 0 Å². The molecule has 0 radical (unpaired) electrons. The minimum atomic E-state index is -2.14. The van der Waals surface area contributed by atoms with Gasteiger partial charge in [-0.1, -0.05) is 53.7 Å². The molecule has 0 N–H and O–H groups in total. The van der Waals surface area contributed by atoms with Gasteiger partial charge in [-0.15, -0.1) is 0 Å². The number of rotatable bonds is 11. The summed E-state index contributed by atoms with van der Waals surface area (Å²) in [5, 5.41) is 0.0237. The minimum absolute atomic E-state index is 0.0119. The summed E-state index contributed by atoms with van der Waals surface area (Å²) in [6.45, 7) is 25.1. The molecule has 32 heavy (non-hydrogen) atoms. The van der Waals surface area contributed by atoms with Crippen molar-refractivity contribution in [1.29, 1.82) is 0 Å². The summed E-state index contributed by atoms with van der Waals surface area (Å²) in [6, 6.07) is 0. The maximum atomic E-state index is 11.2. The number of ether oxygens (including phenoxy) is 2. The van der Waals surface area contributed by atoms with E-state index in [9.17, 15) is 9.59 Å². The van der Waals surface area contributed by atoms with Gasteiger partial charge in [0.15, 0.2) is 16.6 Å². The Morgan fingerprint density at radius 2 is 0.969 bits per heavy atom. The topological polar surface area (TPSA) is 71.1 Å². The quantitative estimate of drug-likeness (QED) is 0.202. The highest BCUT2D eigenvalue weighted by Crippen LogP contribution is 2.40. The molecule has 0 fully saturated rings. The molecule has 2 atom stereocenters. The van der Waals surface area contributed by atoms with E-state index in [4.69, 9.17) is 18.3 Å². The molecular weight excluding hydrogens is 440 g/mol. The van der Waals surface area contributed by atoms with Crippen LogP contribution in [0.15, 0.2) is 24.3 Å². The lowest BCUT2D eigenvalue weighted by molar-refractivity contribution is -0.140. The van der Waals surface area contributed by atoms with E-state index in [0.29, 0.717) is 0 Å². The van der Waals surface area contributed by atoms with Crippen LogP contribution in [0.3, 0.4) is 0 Å². The molecule has 0 aromatic rings. The lowest BCUT2D eigenvalue weighted by atomic mass is 10.2. The van der Waals surface area contributed by atoms with Crippen molar-refractivity contribution in [3.63, 3.8) is 0 Å². The Balaban J connectivity index is 6.07. The molecule has 0 aromatic heterocycles. The zero-order valence-corrected chi connectivity index (χ0v) is 24.3. The monoisotopic (exact) mass is 486 g/mol. The Bertz CT molecular complexity index is 611. The molecule has 0 spiro atoms. The van der Waals surface area contributed by atoms with E-state index < -0.39 is 16.6 Å². The Morgan fingerprint density at radius 1 is 0.688 bits per heavy atom. The SMILES string of the molecule is CC(=O)OC/C=C\[C@H](O[Si](C)(C)C(C)(C)C)[C@H](/C=C\COC(C)=O)O[Si](C)(C)C(C)(C)C. The normalized spacial score (nSPS) is 15.8. The first-order chi connectivity index (χ1) is 14.3. The van der Waals surface area contributed by atoms with E-state index in [1.54, 1.807) is 12.2 Å². The van der Waals surface area contributed by atoms with Crippen molar-refractivity contribution in [2.45, 2.75) is 104 Å². The summed E-state index contributed by atoms with van der Waals surface area (Å²) in [5.74, 6) is -0.654. The van der Waals surface area contributed by atoms with Crippen LogP contribution in [0.4, 0.5) is 0 Å². The molecule has 0 aliphatic heterocycles. The van der Waals surface area contributed by atoms with Gasteiger partial charge in [0.25, 0.3) is 0 Å². The molecule has 0 bridgehead atoms. The largest absolute Gasteiger partial charge is 0.462 e. The van der Waals surface area contributed by atoms with Crippen molar-refractivity contribution in [1.82, 2.24) is 0 Å². The second-order valence-corrected chi connectivity index (χ2v) is 20.7. The van der Waals surface area contributed by atoms with Gasteiger partial charge in [0.2, 0.25) is 0 Å². The van der Waals surface area contributed by atoms with Gasteiger partial charge >= 0.3 is 11.9 Å². The molecule has 0 aliphatic rings. The van der Waals surface area contributed by atoms with Gasteiger partial charge in [-0.25, -0.2) is 0 Å². The van der Waals surface area contributed by atoms with Crippen molar-refractivity contribution in [3.8, 4) is 0 Å². The van der Waals surface area contributed by atoms with Crippen LogP contribution in [0.5, 0.6) is 0 Å². The molecule has 186 valence electrons. The molecule has 0 saturated carbocycles. The Kier molecular flexibility index (Phi) is 11.8. The van der Waals surface area contributed by atoms with Gasteiger partial charge < -0.3 is 18.3 Å². The van der Waals surface area contributed by atoms with Crippen LogP contribution in [0, 0.1) is 0 Å². The van der Waals surface area contributed by atoms with Crippen molar-refractivity contribution in [2.75, 3.05) is 13.2 Å². The van der Waals surface area contributed by atoms with E-state index in [1.165, 1.54) is 13.8 Å². The highest BCUT2D eigenvalue weighted by Gasteiger charge is 2.43. The second kappa shape index (κ2) is 12.3. The lowest BCUT2D eigenvalue weighted by Crippen LogP contribution is -2.51. The van der Waals surface area contributed by atoms with Crippen LogP contribution in [0.1, 0.15) is 55.4 Å². The van der Waals surface area contributed by atoms with Gasteiger partial charge in [-0.3, -0.25) is 9.59 Å². The molecule has 0 amide bonds. The molecule has 6 nitrogen and oxygen atoms in total. The van der Waals surface area contributed by atoms with Gasteiger partial charge in [0.05, 0.1) is 12.2 Å². The first-order valence-corrected chi connectivity index (χ1v) is 17.1. The van der Waals surface area contributed by atoms with Crippen molar-refractivity contribution < 1.29 is 27.9 Å². The van der Waals surface area contributed by atoms with Crippen molar-refractivity contribution >= 4 is 28.6 Å². The molecule has 0 rings (SSSR count). The van der Waals surface area contributed by atoms with Gasteiger partial charge in [-0.05, 0) is 48.4 Å². The maximum absolute atomic E-state index is 11.2. The number of hydrogen-bond acceptors (Lipinski definition) is 6. The van der Waals surface area contributed by atoms with Gasteiger partial charge in [-0.2, -0.15) is 0 Å². The average Bonchev–Trinajstić information content (AvgIpc) is 2.57. The molecule has 0 aromatic carbocycles. The Labute approximate surface area is 198 Å². The molecule has 0 saturated heterocycles. The number of carbonyl (C=O) groups is 2. The van der Waals surface area contributed by atoms with Crippen LogP contribution < -0.4 is 0 Å². The smallest absolute Gasteiger partial charge is 0.302 e. The van der Waals surface area contributed by atoms with Crippen molar-refractivity contribution in [3.05, 3.63) is 24.3 Å². The molecule has 8 heteroatoms. The number of carbonyl (C=O) groups excluding carboxylic acids is 2. The van der Waals surface area contributed by atoms with Crippen LogP contribution in [-0.4, -0.2) is 54.0 Å². The summed E-state index contributed by atoms with van der Waals surface area (Å²) in [7, 11) is -4.28. The summed E-state index contributed by atoms with van der Waals surface area (Å²) in [4.78, 5) is 22.3. The number of hydrogen-bond donors (Lipinski definition) is 0. The third-order valence-corrected chi connectivity index (χ3v) is 15.2. The molecule has 0 heterocycles. The molecular formula is C24H46O6Si2. The zero-order chi connectivity index (χ0) is 25.4. The molecule has 0 unspecified atom stereocenters. The van der Waals surface area contributed by atoms with Crippen LogP contribution in [0.25, 0.3) is 0 Å². The first-order valence-electron chi connectivity index (χ1n) is 11.3. The average molecular weight is 487 g/mol. The van der Waals surface area contributed by atoms with Gasteiger partial charge in [0.1, 0.15) is 13.2 Å². The predicted octanol–water partition coefficient (Wildman–Crippen LogP) is 6.01. The van der Waals surface area contributed by atoms with Crippen LogP contribution in [0.2, 0.25) is 36.3 Å². The first kappa shape index (κ1) is 30.8. The van der Waals surface area contributed by atoms with E-state index in [0.717, 1.165) is 0 Å². The predicted molar refractivity (Wildman–Crippen MR) is 136 cm³/mol. The minimum Gasteiger partial charge on any atom is -0.462 e. The van der Waals surface area contributed by atoms with E-state index >= 15 is 0 Å². The maximum Gasteiger partial charge on any atom is 0.302 e. The lowest BCUT2D eigenvalue weighted by Gasteiger charge is -2.43. The summed E-state index contributed by atoms with van der Waals surface area (Å²) < 4.78 is 23.7. The summed E-state index contributed by atoms with van der Waals surface area (Å²) in [6.07, 6.45) is 6.74. The molecule has 0 aliphatic carbocycles. The Hall–Kier alpha value is -1.23. The van der Waals surface area contributed by atoms with Gasteiger partial charge in [0, 0.05) is 13.8 Å². The summed E-state index contributed by atoms with van der Waals surface area (Å²) in [5.41, 5.74) is 0. The highest BCUT2D eigenvalue weighted by atomic mass is 28.4. The fourth-order valence-electron chi connectivity index (χ4n) is 2.18. The van der Waals surface area contributed by atoms with E-state index in [1.807, 2.05) is 12.2 Å². The van der Waals surface area contributed by atoms with Crippen molar-refractivity contribution in [2.24, 2.45) is 0 Å². The fourth-order valence-corrected chi connectivity index (χ4v) is 4.67. The summed E-state index contributed by atoms with van der Waals surface area (Å²) >= 11 is 0. The highest BCUT2D eigenvalue weighted by molar-refractivity contribution is 6.74. The standard InChI is InChI=1S/C24H46O6Si2/c1-19(25)27-17-13-15-21(29-31(9,10)23(3,4)5)22(16-14-18-28-20(2)26)30-32(11,12)24(6,7)8/h13-16,21-22H,17-18H2,1-12H3/b15-13-,16-14-/t21-,22-/m0/s1. The van der Waals surface area contributed by atoms with E-state index in [-0.39, 0.29) is 47.4 Å². The third kappa shape index (κ3) is 11.1. The number of esters is 2.